The van der Waals surface area contributed by atoms with Crippen LogP contribution in [0.5, 0.6) is 0 Å². The van der Waals surface area contributed by atoms with E-state index in [-0.39, 0.29) is 17.9 Å². The Kier molecular flexibility index (Phi) is 9.07. The summed E-state index contributed by atoms with van der Waals surface area (Å²) in [6.07, 6.45) is 0. The van der Waals surface area contributed by atoms with Gasteiger partial charge in [-0.1, -0.05) is 0 Å². The van der Waals surface area contributed by atoms with Crippen LogP contribution in [-0.4, -0.2) is 18.3 Å². The van der Waals surface area contributed by atoms with Crippen molar-refractivity contribution in [2.75, 3.05) is 12.4 Å². The molecule has 0 rings (SSSR count). The normalized spacial score (nSPS) is 7.25. The van der Waals surface area contributed by atoms with Crippen molar-refractivity contribution in [1.82, 2.24) is 6.15 Å². The Bertz CT molecular complexity index is 67.1. The zero-order valence-electron chi connectivity index (χ0n) is 4.89. The van der Waals surface area contributed by atoms with E-state index >= 15 is 0 Å². The number of ether oxygens (including phenoxy) is 1. The quantitative estimate of drug-likeness (QED) is 0.433. The molecule has 0 heterocycles. The average Bonchev–Trinajstić information content (AvgIpc) is 1.68. The lowest BCUT2D eigenvalue weighted by Crippen LogP contribution is -2.03. The van der Waals surface area contributed by atoms with E-state index in [2.05, 4.69) is 17.4 Å². The fraction of sp³-hybridized carbons (Fsp3) is 0.750. The summed E-state index contributed by atoms with van der Waals surface area (Å²) < 4.78 is 4.48. The lowest BCUT2D eigenvalue weighted by Gasteiger charge is -1.93. The highest BCUT2D eigenvalue weighted by atomic mass is 32.1. The summed E-state index contributed by atoms with van der Waals surface area (Å²) in [7, 11) is 0. The number of carbonyl (C=O) groups is 1. The van der Waals surface area contributed by atoms with Gasteiger partial charge in [0.2, 0.25) is 0 Å². The minimum atomic E-state index is -0.258. The fourth-order valence-corrected chi connectivity index (χ4v) is 0.298. The zero-order valence-corrected chi connectivity index (χ0v) is 5.78. The highest BCUT2D eigenvalue weighted by Crippen LogP contribution is 1.78. The van der Waals surface area contributed by atoms with Crippen molar-refractivity contribution >= 4 is 18.6 Å². The van der Waals surface area contributed by atoms with Crippen molar-refractivity contribution in [3.05, 3.63) is 0 Å². The van der Waals surface area contributed by atoms with Gasteiger partial charge in [-0.3, -0.25) is 4.79 Å². The Morgan fingerprint density at radius 2 is 2.25 bits per heavy atom. The summed E-state index contributed by atoms with van der Waals surface area (Å²) in [6.45, 7) is 2.21. The van der Waals surface area contributed by atoms with Gasteiger partial charge in [-0.25, -0.2) is 0 Å². The molecule has 0 atom stereocenters. The van der Waals surface area contributed by atoms with Crippen molar-refractivity contribution in [2.45, 2.75) is 6.92 Å². The molecule has 3 nitrogen and oxygen atoms in total. The molecule has 0 fully saturated rings. The smallest absolute Gasteiger partial charge is 0.315 e. The first-order chi connectivity index (χ1) is 3.31. The molecule has 50 valence electrons. The minimum absolute atomic E-state index is 0. The molecule has 3 N–H and O–H groups in total. The lowest BCUT2D eigenvalue weighted by atomic mass is 10.8. The van der Waals surface area contributed by atoms with Crippen molar-refractivity contribution in [3.8, 4) is 0 Å². The minimum Gasteiger partial charge on any atom is -0.465 e. The van der Waals surface area contributed by atoms with Gasteiger partial charge in [0.25, 0.3) is 0 Å². The van der Waals surface area contributed by atoms with Gasteiger partial charge in [-0.15, -0.1) is 0 Å². The van der Waals surface area contributed by atoms with Crippen LogP contribution in [-0.2, 0) is 9.53 Å². The van der Waals surface area contributed by atoms with E-state index in [0.717, 1.165) is 0 Å². The van der Waals surface area contributed by atoms with Gasteiger partial charge in [0.1, 0.15) is 0 Å². The van der Waals surface area contributed by atoms with Crippen molar-refractivity contribution in [2.24, 2.45) is 0 Å². The Hall–Kier alpha value is -0.220. The molecule has 0 aromatic rings. The molecule has 0 unspecified atom stereocenters. The summed E-state index contributed by atoms with van der Waals surface area (Å²) in [5.74, 6) is -0.0840. The van der Waals surface area contributed by atoms with Crippen LogP contribution in [0.25, 0.3) is 0 Å². The number of carbonyl (C=O) groups excluding carboxylic acids is 1. The van der Waals surface area contributed by atoms with Crippen LogP contribution in [0.3, 0.4) is 0 Å². The van der Waals surface area contributed by atoms with Crippen LogP contribution < -0.4 is 6.15 Å². The number of hydrogen-bond acceptors (Lipinski definition) is 4. The van der Waals surface area contributed by atoms with Crippen LogP contribution >= 0.6 is 12.6 Å². The van der Waals surface area contributed by atoms with E-state index in [1.54, 1.807) is 6.92 Å². The fourth-order valence-electron chi connectivity index (χ4n) is 0.207. The highest BCUT2D eigenvalue weighted by Gasteiger charge is 1.91. The topological polar surface area (TPSA) is 61.3 Å². The summed E-state index contributed by atoms with van der Waals surface area (Å²) >= 11 is 3.67. The van der Waals surface area contributed by atoms with Crippen molar-refractivity contribution in [3.63, 3.8) is 0 Å². The van der Waals surface area contributed by atoms with E-state index < -0.39 is 0 Å². The van der Waals surface area contributed by atoms with Crippen LogP contribution in [0.15, 0.2) is 0 Å². The molecule has 0 bridgehead atoms. The third kappa shape index (κ3) is 5.78. The zero-order chi connectivity index (χ0) is 5.70. The predicted molar refractivity (Wildman–Crippen MR) is 35.5 cm³/mol. The molecule has 0 saturated carbocycles. The van der Waals surface area contributed by atoms with E-state index in [0.29, 0.717) is 6.61 Å². The molecule has 0 aliphatic rings. The molecule has 0 spiro atoms. The first-order valence-electron chi connectivity index (χ1n) is 2.07. The van der Waals surface area contributed by atoms with Gasteiger partial charge in [0, 0.05) is 0 Å². The van der Waals surface area contributed by atoms with E-state index in [9.17, 15) is 4.79 Å². The first-order valence-corrected chi connectivity index (χ1v) is 2.71. The van der Waals surface area contributed by atoms with Crippen molar-refractivity contribution in [1.29, 1.82) is 0 Å². The van der Waals surface area contributed by atoms with Crippen molar-refractivity contribution < 1.29 is 9.53 Å². The monoisotopic (exact) mass is 137 g/mol. The Balaban J connectivity index is 0. The molecule has 0 saturated heterocycles. The Labute approximate surface area is 54.4 Å². The SMILES string of the molecule is CCOC(=O)CS.N. The molecule has 0 aliphatic carbocycles. The molecule has 8 heavy (non-hydrogen) atoms. The number of thiol groups is 1. The molecule has 0 radical (unpaired) electrons. The third-order valence-corrected chi connectivity index (χ3v) is 0.693. The lowest BCUT2D eigenvalue weighted by molar-refractivity contribution is -0.139. The van der Waals surface area contributed by atoms with Crippen LogP contribution in [0.4, 0.5) is 0 Å². The maximum atomic E-state index is 10.1. The second-order valence-electron chi connectivity index (χ2n) is 0.963. The molecule has 0 amide bonds. The second-order valence-corrected chi connectivity index (χ2v) is 1.28. The van der Waals surface area contributed by atoms with Crippen LogP contribution in [0.1, 0.15) is 6.92 Å². The molecular weight excluding hydrogens is 126 g/mol. The van der Waals surface area contributed by atoms with Gasteiger partial charge >= 0.3 is 5.97 Å². The Morgan fingerprint density at radius 1 is 1.75 bits per heavy atom. The van der Waals surface area contributed by atoms with E-state index in [4.69, 9.17) is 0 Å². The second kappa shape index (κ2) is 6.78. The standard InChI is InChI=1S/C4H8O2S.H3N/c1-2-6-4(5)3-7;/h7H,2-3H2,1H3;1H3. The van der Waals surface area contributed by atoms with Gasteiger partial charge < -0.3 is 10.9 Å². The Morgan fingerprint density at radius 3 is 2.38 bits per heavy atom. The molecular formula is C4H11NO2S. The largest absolute Gasteiger partial charge is 0.465 e. The molecule has 4 heteroatoms. The van der Waals surface area contributed by atoms with Gasteiger partial charge in [-0.05, 0) is 6.92 Å². The third-order valence-electron chi connectivity index (χ3n) is 0.434. The molecule has 0 aromatic heterocycles. The van der Waals surface area contributed by atoms with Gasteiger partial charge in [0.05, 0.1) is 12.4 Å². The average molecular weight is 137 g/mol. The van der Waals surface area contributed by atoms with Crippen LogP contribution in [0.2, 0.25) is 0 Å². The first kappa shape index (κ1) is 10.7. The van der Waals surface area contributed by atoms with Crippen LogP contribution in [0, 0.1) is 0 Å². The molecule has 0 aliphatic heterocycles. The molecule has 0 aromatic carbocycles. The number of esters is 1. The highest BCUT2D eigenvalue weighted by molar-refractivity contribution is 7.81. The summed E-state index contributed by atoms with van der Waals surface area (Å²) in [4.78, 5) is 10.1. The predicted octanol–water partition coefficient (Wildman–Crippen LogP) is 0.641. The maximum Gasteiger partial charge on any atom is 0.315 e. The number of rotatable bonds is 2. The summed E-state index contributed by atoms with van der Waals surface area (Å²) in [6, 6.07) is 0. The maximum absolute atomic E-state index is 10.1. The van der Waals surface area contributed by atoms with E-state index in [1.807, 2.05) is 0 Å². The van der Waals surface area contributed by atoms with E-state index in [1.165, 1.54) is 0 Å². The summed E-state index contributed by atoms with van der Waals surface area (Å²) in [5.41, 5.74) is 0. The van der Waals surface area contributed by atoms with Gasteiger partial charge in [-0.2, -0.15) is 12.6 Å². The number of hydrogen-bond donors (Lipinski definition) is 2. The van der Waals surface area contributed by atoms with Gasteiger partial charge in [0.15, 0.2) is 0 Å². The summed E-state index contributed by atoms with van der Waals surface area (Å²) in [5, 5.41) is 0.